The van der Waals surface area contributed by atoms with Gasteiger partial charge >= 0.3 is 0 Å². The van der Waals surface area contributed by atoms with Gasteiger partial charge < -0.3 is 9.13 Å². The van der Waals surface area contributed by atoms with Gasteiger partial charge in [-0.25, -0.2) is 23.1 Å². The summed E-state index contributed by atoms with van der Waals surface area (Å²) in [6, 6.07) is 0. The molecule has 1 aliphatic carbocycles. The maximum absolute atomic E-state index is 12.1. The molecule has 0 unspecified atom stereocenters. The molecule has 1 saturated carbocycles. The number of sulfonamides is 1. The Bertz CT molecular complexity index is 723. The van der Waals surface area contributed by atoms with Gasteiger partial charge in [0.2, 0.25) is 0 Å². The monoisotopic (exact) mass is 309 g/mol. The van der Waals surface area contributed by atoms with E-state index in [1.807, 2.05) is 10.8 Å². The van der Waals surface area contributed by atoms with E-state index in [4.69, 9.17) is 0 Å². The zero-order valence-electron chi connectivity index (χ0n) is 12.2. The Morgan fingerprint density at radius 3 is 2.81 bits per heavy atom. The van der Waals surface area contributed by atoms with Crippen LogP contribution in [0.25, 0.3) is 0 Å². The molecule has 2 aromatic rings. The molecule has 0 amide bonds. The van der Waals surface area contributed by atoms with Gasteiger partial charge in [-0.05, 0) is 19.8 Å². The average molecular weight is 309 g/mol. The second-order valence-corrected chi connectivity index (χ2v) is 7.10. The molecule has 0 aromatic carbocycles. The summed E-state index contributed by atoms with van der Waals surface area (Å²) in [5.41, 5.74) is 0. The fraction of sp³-hybridized carbons (Fsp3) is 0.538. The van der Waals surface area contributed by atoms with Gasteiger partial charge in [-0.3, -0.25) is 0 Å². The van der Waals surface area contributed by atoms with Crippen molar-refractivity contribution < 1.29 is 8.42 Å². The Morgan fingerprint density at radius 1 is 1.43 bits per heavy atom. The van der Waals surface area contributed by atoms with Crippen LogP contribution in [-0.2, 0) is 23.6 Å². The van der Waals surface area contributed by atoms with Crippen molar-refractivity contribution in [2.75, 3.05) is 6.54 Å². The molecule has 1 aliphatic rings. The number of imidazole rings is 2. The van der Waals surface area contributed by atoms with Crippen molar-refractivity contribution in [3.8, 4) is 0 Å². The fourth-order valence-corrected chi connectivity index (χ4v) is 3.30. The van der Waals surface area contributed by atoms with Crippen LogP contribution in [0.1, 0.15) is 30.4 Å². The van der Waals surface area contributed by atoms with Crippen LogP contribution in [-0.4, -0.2) is 34.1 Å². The molecule has 21 heavy (non-hydrogen) atoms. The summed E-state index contributed by atoms with van der Waals surface area (Å²) >= 11 is 0. The fourth-order valence-electron chi connectivity index (χ4n) is 2.24. The zero-order chi connectivity index (χ0) is 15.0. The molecule has 2 aromatic heterocycles. The molecule has 1 N–H and O–H groups in total. The summed E-state index contributed by atoms with van der Waals surface area (Å²) in [7, 11) is -1.78. The molecule has 0 saturated heterocycles. The number of aromatic nitrogens is 4. The predicted octanol–water partition coefficient (Wildman–Crippen LogP) is 0.781. The highest BCUT2D eigenvalue weighted by Crippen LogP contribution is 2.38. The maximum atomic E-state index is 12.1. The maximum Gasteiger partial charge on any atom is 0.259 e. The van der Waals surface area contributed by atoms with Gasteiger partial charge in [0.15, 0.2) is 5.03 Å². The van der Waals surface area contributed by atoms with Crippen LogP contribution in [0.4, 0.5) is 0 Å². The summed E-state index contributed by atoms with van der Waals surface area (Å²) in [6.07, 6.45) is 7.54. The van der Waals surface area contributed by atoms with E-state index in [0.717, 1.165) is 5.82 Å². The van der Waals surface area contributed by atoms with Crippen molar-refractivity contribution in [1.29, 1.82) is 0 Å². The topological polar surface area (TPSA) is 81.8 Å². The van der Waals surface area contributed by atoms with E-state index in [1.165, 1.54) is 19.0 Å². The average Bonchev–Trinajstić information content (AvgIpc) is 3.07. The van der Waals surface area contributed by atoms with E-state index in [2.05, 4.69) is 14.7 Å². The standard InChI is InChI=1S/C13H19N5O2S/c1-10-16-12(9-17(10)2)21(19,20)15-6-8-18-7-5-14-13(18)11-3-4-11/h5,7,9,11,15H,3-4,6,8H2,1-2H3. The smallest absolute Gasteiger partial charge is 0.259 e. The minimum Gasteiger partial charge on any atom is -0.337 e. The van der Waals surface area contributed by atoms with Crippen molar-refractivity contribution in [3.05, 3.63) is 30.2 Å². The van der Waals surface area contributed by atoms with E-state index in [9.17, 15) is 8.42 Å². The van der Waals surface area contributed by atoms with Crippen LogP contribution >= 0.6 is 0 Å². The van der Waals surface area contributed by atoms with Gasteiger partial charge in [0.1, 0.15) is 11.6 Å². The summed E-state index contributed by atoms with van der Waals surface area (Å²) in [5.74, 6) is 2.28. The molecule has 3 rings (SSSR count). The molecule has 7 nitrogen and oxygen atoms in total. The second-order valence-electron chi connectivity index (χ2n) is 5.39. The van der Waals surface area contributed by atoms with Crippen LogP contribution in [0.3, 0.4) is 0 Å². The number of rotatable bonds is 6. The molecule has 0 atom stereocenters. The SMILES string of the molecule is Cc1nc(S(=O)(=O)NCCn2ccnc2C2CC2)cn1C. The first-order chi connectivity index (χ1) is 9.97. The number of hydrogen-bond donors (Lipinski definition) is 1. The van der Waals surface area contributed by atoms with Gasteiger partial charge in [0, 0.05) is 44.6 Å². The summed E-state index contributed by atoms with van der Waals surface area (Å²) in [4.78, 5) is 8.38. The predicted molar refractivity (Wildman–Crippen MR) is 77.3 cm³/mol. The van der Waals surface area contributed by atoms with Crippen molar-refractivity contribution >= 4 is 10.0 Å². The van der Waals surface area contributed by atoms with E-state index in [-0.39, 0.29) is 5.03 Å². The van der Waals surface area contributed by atoms with Crippen LogP contribution in [0.2, 0.25) is 0 Å². The number of hydrogen-bond acceptors (Lipinski definition) is 4. The molecule has 2 heterocycles. The largest absolute Gasteiger partial charge is 0.337 e. The van der Waals surface area contributed by atoms with Gasteiger partial charge in [-0.2, -0.15) is 0 Å². The lowest BCUT2D eigenvalue weighted by molar-refractivity contribution is 0.566. The summed E-state index contributed by atoms with van der Waals surface area (Å²) in [5, 5.41) is 0.0653. The van der Waals surface area contributed by atoms with E-state index < -0.39 is 10.0 Å². The third-order valence-corrected chi connectivity index (χ3v) is 5.03. The molecule has 114 valence electrons. The highest BCUT2D eigenvalue weighted by molar-refractivity contribution is 7.89. The normalized spacial score (nSPS) is 15.5. The van der Waals surface area contributed by atoms with Crippen molar-refractivity contribution in [3.63, 3.8) is 0 Å². The molecule has 8 heteroatoms. The highest BCUT2D eigenvalue weighted by Gasteiger charge is 2.27. The van der Waals surface area contributed by atoms with E-state index >= 15 is 0 Å². The van der Waals surface area contributed by atoms with Gasteiger partial charge in [0.05, 0.1) is 0 Å². The third kappa shape index (κ3) is 3.01. The molecule has 0 spiro atoms. The van der Waals surface area contributed by atoms with Crippen LogP contribution in [0, 0.1) is 6.92 Å². The Morgan fingerprint density at radius 2 is 2.19 bits per heavy atom. The van der Waals surface area contributed by atoms with Crippen molar-refractivity contribution in [2.24, 2.45) is 7.05 Å². The molecule has 0 bridgehead atoms. The van der Waals surface area contributed by atoms with Crippen LogP contribution in [0.15, 0.2) is 23.6 Å². The first-order valence-electron chi connectivity index (χ1n) is 6.98. The van der Waals surface area contributed by atoms with E-state index in [1.54, 1.807) is 24.7 Å². The van der Waals surface area contributed by atoms with Crippen molar-refractivity contribution in [2.45, 2.75) is 37.3 Å². The van der Waals surface area contributed by atoms with Crippen LogP contribution in [0.5, 0.6) is 0 Å². The molecule has 1 fully saturated rings. The van der Waals surface area contributed by atoms with Gasteiger partial charge in [-0.1, -0.05) is 0 Å². The Balaban J connectivity index is 1.63. The zero-order valence-corrected chi connectivity index (χ0v) is 13.0. The Hall–Kier alpha value is -1.67. The van der Waals surface area contributed by atoms with E-state index in [0.29, 0.717) is 24.8 Å². The lowest BCUT2D eigenvalue weighted by atomic mass is 10.4. The lowest BCUT2D eigenvalue weighted by Crippen LogP contribution is -2.28. The summed E-state index contributed by atoms with van der Waals surface area (Å²) in [6.45, 7) is 2.68. The minimum absolute atomic E-state index is 0.0653. The summed E-state index contributed by atoms with van der Waals surface area (Å²) < 4.78 is 30.6. The quantitative estimate of drug-likeness (QED) is 0.855. The second kappa shape index (κ2) is 5.27. The molecular weight excluding hydrogens is 290 g/mol. The molecular formula is C13H19N5O2S. The van der Waals surface area contributed by atoms with Crippen molar-refractivity contribution in [1.82, 2.24) is 23.8 Å². The van der Waals surface area contributed by atoms with Gasteiger partial charge in [0.25, 0.3) is 10.0 Å². The minimum atomic E-state index is -3.55. The molecule has 0 aliphatic heterocycles. The lowest BCUT2D eigenvalue weighted by Gasteiger charge is -2.08. The molecule has 0 radical (unpaired) electrons. The number of nitrogens with one attached hydrogen (secondary N) is 1. The Labute approximate surface area is 124 Å². The van der Waals surface area contributed by atoms with Crippen LogP contribution < -0.4 is 4.72 Å². The number of aryl methyl sites for hydroxylation is 2. The highest BCUT2D eigenvalue weighted by atomic mass is 32.2. The third-order valence-electron chi connectivity index (χ3n) is 3.70. The Kier molecular flexibility index (Phi) is 3.58. The van der Waals surface area contributed by atoms with Gasteiger partial charge in [-0.15, -0.1) is 0 Å². The number of nitrogens with zero attached hydrogens (tertiary/aromatic N) is 4. The first kappa shape index (κ1) is 14.3. The first-order valence-corrected chi connectivity index (χ1v) is 8.46.